The van der Waals surface area contributed by atoms with Crippen molar-refractivity contribution in [2.24, 2.45) is 0 Å². The van der Waals surface area contributed by atoms with Gasteiger partial charge in [-0.2, -0.15) is 0 Å². The smallest absolute Gasteiger partial charge is 0.342 e. The Morgan fingerprint density at radius 2 is 1.75 bits per heavy atom. The molecule has 4 rings (SSSR count). The van der Waals surface area contributed by atoms with Crippen LogP contribution in [0.15, 0.2) is 59.1 Å². The van der Waals surface area contributed by atoms with E-state index in [1.165, 1.54) is 0 Å². The Hall–Kier alpha value is -2.18. The summed E-state index contributed by atoms with van der Waals surface area (Å²) in [6, 6.07) is 16.9. The summed E-state index contributed by atoms with van der Waals surface area (Å²) >= 11 is 3.31. The Labute approximate surface area is 174 Å². The summed E-state index contributed by atoms with van der Waals surface area (Å²) in [5.41, 5.74) is 5.50. The molecule has 0 radical (unpaired) electrons. The van der Waals surface area contributed by atoms with Crippen molar-refractivity contribution in [2.75, 3.05) is 12.8 Å². The number of fused-ring (bicyclic) bond motifs is 2. The number of para-hydroxylation sites is 1. The van der Waals surface area contributed by atoms with Crippen molar-refractivity contribution in [2.45, 2.75) is 43.4 Å². The van der Waals surface area contributed by atoms with Crippen molar-refractivity contribution in [1.82, 2.24) is 4.90 Å². The predicted octanol–water partition coefficient (Wildman–Crippen LogP) is 4.42. The van der Waals surface area contributed by atoms with E-state index in [0.717, 1.165) is 36.4 Å². The van der Waals surface area contributed by atoms with Crippen molar-refractivity contribution in [3.63, 3.8) is 0 Å². The van der Waals surface area contributed by atoms with Crippen molar-refractivity contribution < 1.29 is 14.3 Å². The van der Waals surface area contributed by atoms with E-state index >= 15 is 0 Å². The molecule has 28 heavy (non-hydrogen) atoms. The number of halogens is 1. The third-order valence-electron chi connectivity index (χ3n) is 5.82. The lowest BCUT2D eigenvalue weighted by Crippen LogP contribution is -2.57. The topological polar surface area (TPSA) is 72.6 Å². The van der Waals surface area contributed by atoms with Gasteiger partial charge in [-0.25, -0.2) is 4.79 Å². The van der Waals surface area contributed by atoms with Crippen LogP contribution < -0.4 is 5.73 Å². The van der Waals surface area contributed by atoms with Crippen LogP contribution in [0.3, 0.4) is 0 Å². The Balaban J connectivity index is 0.000000271. The molecule has 2 N–H and O–H groups in total. The number of aldehydes is 1. The van der Waals surface area contributed by atoms with Crippen LogP contribution in [0.5, 0.6) is 0 Å². The number of esters is 1. The van der Waals surface area contributed by atoms with Crippen LogP contribution in [0.2, 0.25) is 0 Å². The Morgan fingerprint density at radius 1 is 1.07 bits per heavy atom. The lowest BCUT2D eigenvalue weighted by Gasteiger charge is -2.45. The van der Waals surface area contributed by atoms with Crippen LogP contribution in [0.4, 0.5) is 5.69 Å². The lowest BCUT2D eigenvalue weighted by atomic mass is 9.89. The molecule has 2 fully saturated rings. The van der Waals surface area contributed by atoms with Gasteiger partial charge >= 0.3 is 5.97 Å². The molecule has 5 nitrogen and oxygen atoms in total. The summed E-state index contributed by atoms with van der Waals surface area (Å²) < 4.78 is 6.96. The van der Waals surface area contributed by atoms with E-state index in [-0.39, 0.29) is 0 Å². The highest BCUT2D eigenvalue weighted by Crippen LogP contribution is 2.49. The van der Waals surface area contributed by atoms with E-state index in [4.69, 9.17) is 10.5 Å². The van der Waals surface area contributed by atoms with E-state index in [1.807, 2.05) is 42.3 Å². The molecule has 6 heteroatoms. The fourth-order valence-corrected chi connectivity index (χ4v) is 4.41. The van der Waals surface area contributed by atoms with E-state index in [0.29, 0.717) is 17.7 Å². The van der Waals surface area contributed by atoms with Crippen LogP contribution in [-0.2, 0) is 9.53 Å². The number of anilines is 1. The largest absolute Gasteiger partial charge is 0.440 e. The van der Waals surface area contributed by atoms with Gasteiger partial charge in [0.05, 0.1) is 11.1 Å². The summed E-state index contributed by atoms with van der Waals surface area (Å²) in [6.07, 6.45) is 4.93. The van der Waals surface area contributed by atoms with Crippen molar-refractivity contribution in [1.29, 1.82) is 0 Å². The van der Waals surface area contributed by atoms with E-state index in [9.17, 15) is 9.59 Å². The first-order valence-corrected chi connectivity index (χ1v) is 10.2. The van der Waals surface area contributed by atoms with E-state index in [1.54, 1.807) is 24.3 Å². The number of carbonyl (C=O) groups excluding carboxylic acids is 2. The van der Waals surface area contributed by atoms with Gasteiger partial charge in [-0.15, -0.1) is 0 Å². The molecular formula is C22H25BrN2O3. The van der Waals surface area contributed by atoms with Gasteiger partial charge in [0, 0.05) is 23.0 Å². The molecule has 2 heterocycles. The van der Waals surface area contributed by atoms with E-state index < -0.39 is 17.2 Å². The van der Waals surface area contributed by atoms with Gasteiger partial charge < -0.3 is 15.3 Å². The highest BCUT2D eigenvalue weighted by atomic mass is 79.9. The van der Waals surface area contributed by atoms with Crippen molar-refractivity contribution >= 4 is 33.9 Å². The van der Waals surface area contributed by atoms with Crippen LogP contribution in [0.25, 0.3) is 0 Å². The predicted molar refractivity (Wildman–Crippen MR) is 113 cm³/mol. The molecule has 2 aromatic carbocycles. The molecule has 2 aliphatic heterocycles. The van der Waals surface area contributed by atoms with Gasteiger partial charge in [-0.1, -0.05) is 46.3 Å². The first kappa shape index (κ1) is 20.6. The molecule has 0 saturated carbocycles. The normalized spacial score (nSPS) is 26.1. The van der Waals surface area contributed by atoms with Crippen LogP contribution >= 0.6 is 15.9 Å². The first-order chi connectivity index (χ1) is 13.4. The highest BCUT2D eigenvalue weighted by molar-refractivity contribution is 9.10. The number of hydrogen-bond donors (Lipinski definition) is 1. The van der Waals surface area contributed by atoms with Gasteiger partial charge in [0.25, 0.3) is 0 Å². The average molecular weight is 445 g/mol. The van der Waals surface area contributed by atoms with Gasteiger partial charge in [0.2, 0.25) is 0 Å². The molecule has 2 bridgehead atoms. The van der Waals surface area contributed by atoms with Gasteiger partial charge in [0.1, 0.15) is 6.29 Å². The minimum atomic E-state index is -0.668. The molecule has 2 saturated heterocycles. The van der Waals surface area contributed by atoms with Gasteiger partial charge in [-0.05, 0) is 50.6 Å². The second-order valence-corrected chi connectivity index (χ2v) is 8.27. The average Bonchev–Trinajstić information content (AvgIpc) is 2.85. The lowest BCUT2D eigenvalue weighted by molar-refractivity contribution is -0.148. The zero-order valence-electron chi connectivity index (χ0n) is 15.9. The van der Waals surface area contributed by atoms with Crippen LogP contribution in [0, 0.1) is 0 Å². The molecule has 0 unspecified atom stereocenters. The van der Waals surface area contributed by atoms with E-state index in [2.05, 4.69) is 15.9 Å². The molecule has 0 aliphatic carbocycles. The first-order valence-electron chi connectivity index (χ1n) is 9.41. The maximum Gasteiger partial charge on any atom is 0.342 e. The molecule has 2 aromatic rings. The Bertz CT molecular complexity index is 845. The second-order valence-electron chi connectivity index (χ2n) is 7.35. The number of likely N-dealkylation sites (N-methyl/N-ethyl adjacent to an activating group) is 1. The molecule has 148 valence electrons. The van der Waals surface area contributed by atoms with Crippen molar-refractivity contribution in [3.05, 3.63) is 64.6 Å². The third kappa shape index (κ3) is 3.98. The standard InChI is InChI=1S/C16H20N2O3.C6H5Br/c1-18-15(11-19)7-4-8-16(18,10-9-15)21-14(20)12-5-2-3-6-13(12)17;7-6-4-2-1-3-5-6/h2-3,5-6,11H,4,7-10,17H2,1H3;1-5H/t15-,16-;/m0./s1. The number of rotatable bonds is 3. The minimum absolute atomic E-state index is 0.384. The molecule has 2 aliphatic rings. The second kappa shape index (κ2) is 8.45. The molecule has 0 spiro atoms. The number of nitrogens with zero attached hydrogens (tertiary/aromatic N) is 1. The fraction of sp³-hybridized carbons (Fsp3) is 0.364. The zero-order valence-corrected chi connectivity index (χ0v) is 17.5. The number of carbonyl (C=O) groups is 2. The third-order valence-corrected chi connectivity index (χ3v) is 6.35. The summed E-state index contributed by atoms with van der Waals surface area (Å²) in [5.74, 6) is -0.413. The number of nitrogens with two attached hydrogens (primary N) is 1. The number of piperidine rings is 1. The minimum Gasteiger partial charge on any atom is -0.440 e. The zero-order chi connectivity index (χ0) is 20.2. The molecule has 0 aromatic heterocycles. The van der Waals surface area contributed by atoms with Gasteiger partial charge in [0.15, 0.2) is 5.72 Å². The van der Waals surface area contributed by atoms with Crippen LogP contribution in [0.1, 0.15) is 42.5 Å². The monoisotopic (exact) mass is 444 g/mol. The maximum absolute atomic E-state index is 12.4. The quantitative estimate of drug-likeness (QED) is 0.430. The highest BCUT2D eigenvalue weighted by Gasteiger charge is 2.58. The maximum atomic E-state index is 12.4. The summed E-state index contributed by atoms with van der Waals surface area (Å²) in [7, 11) is 1.88. The Morgan fingerprint density at radius 3 is 2.36 bits per heavy atom. The molecule has 2 atom stereocenters. The molecular weight excluding hydrogens is 420 g/mol. The number of nitrogen functional groups attached to an aromatic ring is 1. The summed E-state index contributed by atoms with van der Waals surface area (Å²) in [5, 5.41) is 0. The SMILES string of the molecule is Brc1ccccc1.CN1[C@@]2(C=O)CCC[C@]1(OC(=O)c1ccccc1N)CC2. The molecule has 0 amide bonds. The summed E-state index contributed by atoms with van der Waals surface area (Å²) in [6.45, 7) is 0. The Kier molecular flexibility index (Phi) is 6.20. The number of benzene rings is 2. The van der Waals surface area contributed by atoms with Gasteiger partial charge in [-0.3, -0.25) is 4.90 Å². The van der Waals surface area contributed by atoms with Crippen molar-refractivity contribution in [3.8, 4) is 0 Å². The number of ether oxygens (including phenoxy) is 1. The van der Waals surface area contributed by atoms with Crippen LogP contribution in [-0.4, -0.2) is 35.5 Å². The fourth-order valence-electron chi connectivity index (χ4n) is 4.10. The number of hydrogen-bond acceptors (Lipinski definition) is 5. The summed E-state index contributed by atoms with van der Waals surface area (Å²) in [4.78, 5) is 25.9.